The monoisotopic (exact) mass is 311 g/mol. The number of benzene rings is 1. The number of carbonyl (C=O) groups excluding carboxylic acids is 1. The van der Waals surface area contributed by atoms with E-state index in [0.717, 1.165) is 35.5 Å². The minimum Gasteiger partial charge on any atom is -0.381 e. The van der Waals surface area contributed by atoms with E-state index in [-0.39, 0.29) is 12.0 Å². The maximum absolute atomic E-state index is 12.1. The number of hydrogen-bond acceptors (Lipinski definition) is 4. The van der Waals surface area contributed by atoms with Gasteiger partial charge in [0, 0.05) is 36.4 Å². The van der Waals surface area contributed by atoms with E-state index in [2.05, 4.69) is 15.6 Å². The van der Waals surface area contributed by atoms with Gasteiger partial charge in [0.25, 0.3) is 5.91 Å². The number of nitrogens with zero attached hydrogens (tertiary/aromatic N) is 1. The minimum absolute atomic E-state index is 0.0580. The first-order valence-electron chi connectivity index (χ1n) is 7.89. The van der Waals surface area contributed by atoms with E-state index in [1.54, 1.807) is 6.20 Å². The van der Waals surface area contributed by atoms with Crippen molar-refractivity contribution in [3.05, 3.63) is 53.9 Å². The lowest BCUT2D eigenvalue weighted by Crippen LogP contribution is -2.26. The second-order valence-electron chi connectivity index (χ2n) is 5.73. The number of rotatable bonds is 5. The molecule has 3 rings (SSSR count). The molecule has 1 saturated heterocycles. The molecule has 2 aromatic rings. The Morgan fingerprint density at radius 2 is 2.22 bits per heavy atom. The van der Waals surface area contributed by atoms with Crippen LogP contribution in [0.2, 0.25) is 0 Å². The number of hydrogen-bond donors (Lipinski definition) is 2. The van der Waals surface area contributed by atoms with Crippen LogP contribution in [0.15, 0.2) is 42.6 Å². The van der Waals surface area contributed by atoms with Gasteiger partial charge in [-0.3, -0.25) is 9.78 Å². The SMILES string of the molecule is Cc1cc(NCc2cccc(NC(=O)[C@@H]3CCCO3)c2)ccn1. The molecule has 0 spiro atoms. The van der Waals surface area contributed by atoms with Gasteiger partial charge in [0.1, 0.15) is 6.10 Å². The summed E-state index contributed by atoms with van der Waals surface area (Å²) in [5.74, 6) is -0.0580. The summed E-state index contributed by atoms with van der Waals surface area (Å²) in [5, 5.41) is 6.29. The summed E-state index contributed by atoms with van der Waals surface area (Å²) < 4.78 is 5.40. The lowest BCUT2D eigenvalue weighted by molar-refractivity contribution is -0.124. The number of ether oxygens (including phenoxy) is 1. The van der Waals surface area contributed by atoms with Crippen LogP contribution in [-0.2, 0) is 16.1 Å². The van der Waals surface area contributed by atoms with Gasteiger partial charge in [0.05, 0.1) is 0 Å². The Labute approximate surface area is 136 Å². The third-order valence-corrected chi connectivity index (χ3v) is 3.81. The summed E-state index contributed by atoms with van der Waals surface area (Å²) in [6, 6.07) is 11.8. The topological polar surface area (TPSA) is 63.2 Å². The first kappa shape index (κ1) is 15.5. The van der Waals surface area contributed by atoms with Crippen molar-refractivity contribution in [1.82, 2.24) is 4.98 Å². The van der Waals surface area contributed by atoms with Crippen molar-refractivity contribution in [2.45, 2.75) is 32.4 Å². The van der Waals surface area contributed by atoms with Gasteiger partial charge in [-0.2, -0.15) is 0 Å². The number of amides is 1. The number of aryl methyl sites for hydroxylation is 1. The molecular formula is C18H21N3O2. The molecular weight excluding hydrogens is 290 g/mol. The molecule has 1 atom stereocenters. The molecule has 120 valence electrons. The normalized spacial score (nSPS) is 17.0. The zero-order valence-electron chi connectivity index (χ0n) is 13.2. The van der Waals surface area contributed by atoms with Gasteiger partial charge < -0.3 is 15.4 Å². The van der Waals surface area contributed by atoms with E-state index < -0.39 is 0 Å². The molecule has 0 unspecified atom stereocenters. The molecule has 0 saturated carbocycles. The Morgan fingerprint density at radius 1 is 1.30 bits per heavy atom. The van der Waals surface area contributed by atoms with Gasteiger partial charge in [-0.25, -0.2) is 0 Å². The highest BCUT2D eigenvalue weighted by atomic mass is 16.5. The molecule has 0 radical (unpaired) electrons. The van der Waals surface area contributed by atoms with E-state index in [9.17, 15) is 4.79 Å². The van der Waals surface area contributed by atoms with Gasteiger partial charge in [0.2, 0.25) is 0 Å². The number of anilines is 2. The second-order valence-corrected chi connectivity index (χ2v) is 5.73. The van der Waals surface area contributed by atoms with Gasteiger partial charge in [-0.1, -0.05) is 12.1 Å². The van der Waals surface area contributed by atoms with Gasteiger partial charge in [-0.05, 0) is 49.6 Å². The van der Waals surface area contributed by atoms with Crippen LogP contribution in [0.3, 0.4) is 0 Å². The van der Waals surface area contributed by atoms with Crippen molar-refractivity contribution in [1.29, 1.82) is 0 Å². The molecule has 0 aliphatic carbocycles. The maximum Gasteiger partial charge on any atom is 0.253 e. The van der Waals surface area contributed by atoms with E-state index in [1.165, 1.54) is 0 Å². The van der Waals surface area contributed by atoms with E-state index in [0.29, 0.717) is 13.2 Å². The summed E-state index contributed by atoms with van der Waals surface area (Å²) in [4.78, 5) is 16.3. The van der Waals surface area contributed by atoms with Crippen molar-refractivity contribution < 1.29 is 9.53 Å². The summed E-state index contributed by atoms with van der Waals surface area (Å²) in [6.45, 7) is 3.33. The summed E-state index contributed by atoms with van der Waals surface area (Å²) in [6.07, 6.45) is 3.23. The van der Waals surface area contributed by atoms with Gasteiger partial charge >= 0.3 is 0 Å². The third-order valence-electron chi connectivity index (χ3n) is 3.81. The Hall–Kier alpha value is -2.40. The van der Waals surface area contributed by atoms with Crippen LogP contribution < -0.4 is 10.6 Å². The number of carbonyl (C=O) groups is 1. The highest BCUT2D eigenvalue weighted by Gasteiger charge is 2.23. The fourth-order valence-corrected chi connectivity index (χ4v) is 2.63. The smallest absolute Gasteiger partial charge is 0.253 e. The third kappa shape index (κ3) is 4.29. The standard InChI is InChI=1S/C18H21N3O2/c1-13-10-15(7-8-19-13)20-12-14-4-2-5-16(11-14)21-18(22)17-6-3-9-23-17/h2,4-5,7-8,10-11,17H,3,6,9,12H2,1H3,(H,19,20)(H,21,22)/t17-/m0/s1. The lowest BCUT2D eigenvalue weighted by Gasteiger charge is -2.12. The fourth-order valence-electron chi connectivity index (χ4n) is 2.63. The number of aromatic nitrogens is 1. The lowest BCUT2D eigenvalue weighted by atomic mass is 10.1. The van der Waals surface area contributed by atoms with Crippen LogP contribution in [0.4, 0.5) is 11.4 Å². The quantitative estimate of drug-likeness (QED) is 0.890. The van der Waals surface area contributed by atoms with Crippen molar-refractivity contribution in [3.63, 3.8) is 0 Å². The zero-order chi connectivity index (χ0) is 16.1. The van der Waals surface area contributed by atoms with E-state index >= 15 is 0 Å². The Balaban J connectivity index is 1.59. The van der Waals surface area contributed by atoms with Gasteiger partial charge in [0.15, 0.2) is 0 Å². The molecule has 1 aromatic heterocycles. The Morgan fingerprint density at radius 3 is 3.00 bits per heavy atom. The highest BCUT2D eigenvalue weighted by molar-refractivity contribution is 5.94. The first-order valence-corrected chi connectivity index (χ1v) is 7.89. The molecule has 1 amide bonds. The Bertz CT molecular complexity index is 681. The van der Waals surface area contributed by atoms with Crippen LogP contribution >= 0.6 is 0 Å². The van der Waals surface area contributed by atoms with Crippen molar-refractivity contribution >= 4 is 17.3 Å². The molecule has 5 nitrogen and oxygen atoms in total. The number of pyridine rings is 1. The Kier molecular flexibility index (Phi) is 4.88. The largest absolute Gasteiger partial charge is 0.381 e. The minimum atomic E-state index is -0.309. The fraction of sp³-hybridized carbons (Fsp3) is 0.333. The summed E-state index contributed by atoms with van der Waals surface area (Å²) in [5.41, 5.74) is 3.92. The van der Waals surface area contributed by atoms with Crippen LogP contribution in [0, 0.1) is 6.92 Å². The summed E-state index contributed by atoms with van der Waals surface area (Å²) >= 11 is 0. The molecule has 1 aromatic carbocycles. The molecule has 1 aliphatic rings. The average molecular weight is 311 g/mol. The molecule has 2 N–H and O–H groups in total. The predicted octanol–water partition coefficient (Wildman–Crippen LogP) is 3.12. The predicted molar refractivity (Wildman–Crippen MR) is 90.3 cm³/mol. The van der Waals surface area contributed by atoms with Crippen molar-refractivity contribution in [2.75, 3.05) is 17.2 Å². The molecule has 0 bridgehead atoms. The second kappa shape index (κ2) is 7.24. The van der Waals surface area contributed by atoms with Crippen molar-refractivity contribution in [2.24, 2.45) is 0 Å². The van der Waals surface area contributed by atoms with Crippen LogP contribution in [0.1, 0.15) is 24.1 Å². The summed E-state index contributed by atoms with van der Waals surface area (Å²) in [7, 11) is 0. The average Bonchev–Trinajstić information content (AvgIpc) is 3.08. The van der Waals surface area contributed by atoms with Crippen LogP contribution in [0.5, 0.6) is 0 Å². The maximum atomic E-state index is 12.1. The molecule has 23 heavy (non-hydrogen) atoms. The molecule has 1 aliphatic heterocycles. The first-order chi connectivity index (χ1) is 11.2. The van der Waals surface area contributed by atoms with Crippen LogP contribution in [-0.4, -0.2) is 23.6 Å². The highest BCUT2D eigenvalue weighted by Crippen LogP contribution is 2.17. The molecule has 5 heteroatoms. The van der Waals surface area contributed by atoms with E-state index in [4.69, 9.17) is 4.74 Å². The molecule has 2 heterocycles. The zero-order valence-corrected chi connectivity index (χ0v) is 13.2. The van der Waals surface area contributed by atoms with Gasteiger partial charge in [-0.15, -0.1) is 0 Å². The molecule has 1 fully saturated rings. The van der Waals surface area contributed by atoms with E-state index in [1.807, 2.05) is 43.3 Å². The number of nitrogens with one attached hydrogen (secondary N) is 2. The van der Waals surface area contributed by atoms with Crippen LogP contribution in [0.25, 0.3) is 0 Å². The van der Waals surface area contributed by atoms with Crippen molar-refractivity contribution in [3.8, 4) is 0 Å².